The van der Waals surface area contributed by atoms with Gasteiger partial charge in [0.25, 0.3) is 0 Å². The number of piperidine rings is 3. The Balaban J connectivity index is 0.000000111. The minimum atomic E-state index is 0.255. The van der Waals surface area contributed by atoms with Crippen molar-refractivity contribution in [1.82, 2.24) is 59.8 Å². The highest BCUT2D eigenvalue weighted by Crippen LogP contribution is 2.56. The number of benzene rings is 6. The molecule has 774 valence electrons. The van der Waals surface area contributed by atoms with Crippen molar-refractivity contribution in [2.75, 3.05) is 142 Å². The van der Waals surface area contributed by atoms with Crippen LogP contribution in [-0.2, 0) is 0 Å². The fraction of sp³-hybridized carbons (Fsp3) is 0.429. The lowest BCUT2D eigenvalue weighted by molar-refractivity contribution is 0.0610. The van der Waals surface area contributed by atoms with Crippen LogP contribution in [0.5, 0.6) is 0 Å². The van der Waals surface area contributed by atoms with Crippen molar-refractivity contribution < 1.29 is 0 Å². The first-order chi connectivity index (χ1) is 70.5. The molecule has 6 aromatic carbocycles. The first-order valence-electron chi connectivity index (χ1n) is 50.0. The summed E-state index contributed by atoms with van der Waals surface area (Å²) in [6, 6.07) is 34.4. The normalized spacial score (nSPS) is 24.0. The Kier molecular flexibility index (Phi) is 31.6. The number of nitrogens with two attached hydrogens (primary N) is 12. The first kappa shape index (κ1) is 106. The summed E-state index contributed by atoms with van der Waals surface area (Å²) in [4.78, 5) is 67.8. The first-order valence-corrected chi connectivity index (χ1v) is 54.5. The van der Waals surface area contributed by atoms with Gasteiger partial charge in [-0.1, -0.05) is 212 Å². The smallest absolute Gasteiger partial charge is 0.152 e. The van der Waals surface area contributed by atoms with Crippen LogP contribution >= 0.6 is 139 Å². The second kappa shape index (κ2) is 43.8. The molecule has 24 N–H and O–H groups in total. The topological polar surface area (TPSA) is 486 Å². The third kappa shape index (κ3) is 21.2. The molecule has 6 aliphatic heterocycles. The second-order valence-corrected chi connectivity index (χ2v) is 46.1. The van der Waals surface area contributed by atoms with Crippen LogP contribution in [0, 0.1) is 32.5 Å². The Hall–Kier alpha value is -9.36. The Bertz CT molecular complexity index is 6240. The van der Waals surface area contributed by atoms with Crippen LogP contribution in [0.15, 0.2) is 146 Å². The number of nitrogens with zero attached hydrogens (tertiary/aromatic N) is 18. The number of anilines is 12. The van der Waals surface area contributed by atoms with E-state index in [0.29, 0.717) is 215 Å². The van der Waals surface area contributed by atoms with E-state index in [1.807, 2.05) is 72.8 Å². The van der Waals surface area contributed by atoms with Crippen molar-refractivity contribution in [3.63, 3.8) is 0 Å². The lowest BCUT2D eigenvalue weighted by Gasteiger charge is -2.52. The van der Waals surface area contributed by atoms with Crippen LogP contribution in [0.3, 0.4) is 0 Å². The third-order valence-corrected chi connectivity index (χ3v) is 38.7. The molecule has 6 saturated heterocycles. The minimum absolute atomic E-state index is 0.255. The molecule has 12 aliphatic rings. The molecule has 6 saturated carbocycles. The molecule has 0 radical (unpaired) electrons. The van der Waals surface area contributed by atoms with Crippen LogP contribution in [-0.4, -0.2) is 175 Å². The molecule has 6 aliphatic carbocycles. The lowest BCUT2D eigenvalue weighted by Crippen LogP contribution is -2.56. The summed E-state index contributed by atoms with van der Waals surface area (Å²) in [5.41, 5.74) is 83.6. The van der Waals surface area contributed by atoms with E-state index in [1.165, 1.54) is 38.5 Å². The van der Waals surface area contributed by atoms with Crippen molar-refractivity contribution >= 4 is 209 Å². The van der Waals surface area contributed by atoms with E-state index in [0.717, 1.165) is 210 Å². The Morgan fingerprint density at radius 1 is 0.204 bits per heavy atom. The van der Waals surface area contributed by atoms with Gasteiger partial charge >= 0.3 is 0 Å². The molecule has 30 nitrogen and oxygen atoms in total. The van der Waals surface area contributed by atoms with Crippen molar-refractivity contribution in [2.24, 2.45) is 66.9 Å². The zero-order valence-corrected chi connectivity index (χ0v) is 90.2. The average Bonchev–Trinajstić information content (AvgIpc) is 1.71. The molecule has 6 spiro atoms. The van der Waals surface area contributed by atoms with E-state index in [4.69, 9.17) is 208 Å². The van der Waals surface area contributed by atoms with Gasteiger partial charge in [0.2, 0.25) is 0 Å². The molecule has 6 aromatic heterocycles. The maximum absolute atomic E-state index is 6.28. The van der Waals surface area contributed by atoms with Crippen molar-refractivity contribution in [1.29, 1.82) is 0 Å². The monoisotopic (exact) mass is 2220 g/mol. The number of hydrogen-bond donors (Lipinski definition) is 12. The fourth-order valence-electron chi connectivity index (χ4n) is 23.2. The fourth-order valence-corrected chi connectivity index (χ4v) is 25.5. The molecule has 12 fully saturated rings. The number of hydrogen-bond acceptors (Lipinski definition) is 30. The molecule has 12 aromatic rings. The van der Waals surface area contributed by atoms with Gasteiger partial charge in [-0.2, -0.15) is 0 Å². The van der Waals surface area contributed by atoms with Gasteiger partial charge in [0, 0.05) is 164 Å². The molecule has 0 amide bonds. The summed E-state index contributed by atoms with van der Waals surface area (Å²) in [5.74, 6) is 6.97. The summed E-state index contributed by atoms with van der Waals surface area (Å²) < 4.78 is 0. The summed E-state index contributed by atoms with van der Waals surface area (Å²) in [7, 11) is 0. The van der Waals surface area contributed by atoms with Crippen LogP contribution in [0.1, 0.15) is 135 Å². The molecular formula is C105H120Cl12N30. The highest BCUT2D eigenvalue weighted by molar-refractivity contribution is 6.47. The van der Waals surface area contributed by atoms with E-state index < -0.39 is 0 Å². The number of rotatable bonds is 12. The molecule has 1 unspecified atom stereocenters. The zero-order chi connectivity index (χ0) is 104. The van der Waals surface area contributed by atoms with Gasteiger partial charge in [0.1, 0.15) is 69.1 Å². The number of halogens is 12. The quantitative estimate of drug-likeness (QED) is 0.0540. The molecule has 12 heterocycles. The van der Waals surface area contributed by atoms with Crippen molar-refractivity contribution in [3.8, 4) is 67.5 Å². The predicted octanol–water partition coefficient (Wildman–Crippen LogP) is 21.3. The maximum Gasteiger partial charge on any atom is 0.152 e. The Morgan fingerprint density at radius 2 is 0.354 bits per heavy atom. The van der Waals surface area contributed by atoms with Crippen molar-refractivity contribution in [2.45, 2.75) is 171 Å². The van der Waals surface area contributed by atoms with Gasteiger partial charge < -0.3 is 98.2 Å². The average molecular weight is 2230 g/mol. The van der Waals surface area contributed by atoms with Crippen LogP contribution in [0.2, 0.25) is 60.3 Å². The summed E-state index contributed by atoms with van der Waals surface area (Å²) in [6.07, 6.45) is 34.7. The van der Waals surface area contributed by atoms with Crippen molar-refractivity contribution in [3.05, 3.63) is 207 Å². The maximum atomic E-state index is 6.28. The molecule has 147 heavy (non-hydrogen) atoms. The minimum Gasteiger partial charge on any atom is -0.382 e. The third-order valence-electron chi connectivity index (χ3n) is 33.8. The Labute approximate surface area is 915 Å². The number of aromatic nitrogens is 12. The summed E-state index contributed by atoms with van der Waals surface area (Å²) in [5, 5.41) is 5.48. The van der Waals surface area contributed by atoms with E-state index in [1.54, 1.807) is 73.6 Å². The lowest BCUT2D eigenvalue weighted by atomic mass is 9.60. The van der Waals surface area contributed by atoms with Gasteiger partial charge in [-0.25, -0.2) is 59.8 Å². The number of nitrogen functional groups attached to an aromatic ring is 6. The summed E-state index contributed by atoms with van der Waals surface area (Å²) in [6.45, 7) is 11.3. The standard InChI is InChI=1S/3C18H21Cl2N5.3C17H19Cl2N5/c3*19-12-3-1-2-11(15(12)20)16-17(22)24-14(10-23-16)25-8-6-18(7-9-25)5-4-13(18)21;3*18-11-3-1-2-10(14(11)19)15-16(21)23-13(8-22-15)24-7-6-17(9-24)5-4-12(17)20/h3*1-3,10,13H,4-9,21H2,(H2,22,24);3*1-3,8,12H,4-7,9,20H2,(H2,21,23)/t2*13-;;2*12-,17+;12-,17-/m10.101/s1. The zero-order valence-electron chi connectivity index (χ0n) is 81.2. The predicted molar refractivity (Wildman–Crippen MR) is 604 cm³/mol. The highest BCUT2D eigenvalue weighted by Gasteiger charge is 2.54. The molecule has 24 rings (SSSR count). The largest absolute Gasteiger partial charge is 0.382 e. The van der Waals surface area contributed by atoms with E-state index in [2.05, 4.69) is 89.2 Å². The van der Waals surface area contributed by atoms with Crippen LogP contribution in [0.25, 0.3) is 67.5 Å². The molecule has 0 bridgehead atoms. The van der Waals surface area contributed by atoms with E-state index in [-0.39, 0.29) is 16.2 Å². The van der Waals surface area contributed by atoms with E-state index in [9.17, 15) is 0 Å². The van der Waals surface area contributed by atoms with Gasteiger partial charge in [-0.3, -0.25) is 0 Å². The Morgan fingerprint density at radius 3 is 0.490 bits per heavy atom. The van der Waals surface area contributed by atoms with Gasteiger partial charge in [-0.05, 0) is 187 Å². The van der Waals surface area contributed by atoms with E-state index >= 15 is 0 Å². The second-order valence-electron chi connectivity index (χ2n) is 41.4. The van der Waals surface area contributed by atoms with Gasteiger partial charge in [-0.15, -0.1) is 0 Å². The molecule has 9 atom stereocenters. The van der Waals surface area contributed by atoms with Gasteiger partial charge in [0.15, 0.2) is 34.9 Å². The highest BCUT2D eigenvalue weighted by atomic mass is 35.5. The SMILES string of the molecule is Nc1nc(N2CCC3(CCC3N)CC2)cnc1-c1cccc(Cl)c1Cl.Nc1nc(N2CCC3(CC[C@@H]3N)CC2)cnc1-c1cccc(Cl)c1Cl.Nc1nc(N2CCC3(CC[C@H]3N)CC2)cnc1-c1cccc(Cl)c1Cl.Nc1nc(N2CC[C@@]3(CC[C@H]3N)C2)cnc1-c1cccc(Cl)c1Cl.Nc1nc(N2CC[C@]3(CC[C@@H]3N)C2)cnc1-c1cccc(Cl)c1Cl.Nc1nc(N2CC[C@]3(CC[C@H]3N)C2)cnc1-c1cccc(Cl)c1Cl. The molecule has 42 heteroatoms. The van der Waals surface area contributed by atoms with Crippen LogP contribution in [0.4, 0.5) is 69.8 Å². The summed E-state index contributed by atoms with van der Waals surface area (Å²) >= 11 is 74.1. The molecular weight excluding hydrogens is 2110 g/mol. The van der Waals surface area contributed by atoms with Crippen LogP contribution < -0.4 is 98.2 Å². The van der Waals surface area contributed by atoms with Gasteiger partial charge in [0.05, 0.1) is 97.5 Å².